The van der Waals surface area contributed by atoms with Crippen LogP contribution in [-0.2, 0) is 4.74 Å². The third kappa shape index (κ3) is 3.12. The molecule has 1 saturated carbocycles. The van der Waals surface area contributed by atoms with E-state index < -0.39 is 5.60 Å². The van der Waals surface area contributed by atoms with E-state index in [1.54, 1.807) is 0 Å². The summed E-state index contributed by atoms with van der Waals surface area (Å²) in [6, 6.07) is 0.817. The van der Waals surface area contributed by atoms with E-state index in [0.717, 1.165) is 19.5 Å². The summed E-state index contributed by atoms with van der Waals surface area (Å²) in [7, 11) is 0. The minimum Gasteiger partial charge on any atom is -0.444 e. The first-order valence-corrected chi connectivity index (χ1v) is 6.70. The van der Waals surface area contributed by atoms with E-state index in [4.69, 9.17) is 4.74 Å². The summed E-state index contributed by atoms with van der Waals surface area (Å²) in [5, 5.41) is 3.52. The van der Waals surface area contributed by atoms with E-state index in [0.29, 0.717) is 12.1 Å². The molecular formula is C13H24N2O2. The second-order valence-corrected chi connectivity index (χ2v) is 6.09. The quantitative estimate of drug-likeness (QED) is 0.705. The fourth-order valence-corrected chi connectivity index (χ4v) is 2.81. The van der Waals surface area contributed by atoms with Gasteiger partial charge in [-0.1, -0.05) is 12.8 Å². The van der Waals surface area contributed by atoms with E-state index in [2.05, 4.69) is 5.32 Å². The lowest BCUT2D eigenvalue weighted by Gasteiger charge is -2.44. The Morgan fingerprint density at radius 1 is 1.29 bits per heavy atom. The second-order valence-electron chi connectivity index (χ2n) is 6.09. The van der Waals surface area contributed by atoms with Crippen LogP contribution in [0.4, 0.5) is 4.79 Å². The van der Waals surface area contributed by atoms with Crippen LogP contribution in [0.15, 0.2) is 0 Å². The number of fused-ring (bicyclic) bond motifs is 1. The zero-order chi connectivity index (χ0) is 12.5. The highest BCUT2D eigenvalue weighted by Crippen LogP contribution is 2.26. The molecule has 2 aliphatic rings. The van der Waals surface area contributed by atoms with Gasteiger partial charge >= 0.3 is 6.09 Å². The number of nitrogens with zero attached hydrogens (tertiary/aromatic N) is 1. The Labute approximate surface area is 104 Å². The van der Waals surface area contributed by atoms with Crippen molar-refractivity contribution >= 4 is 6.09 Å². The summed E-state index contributed by atoms with van der Waals surface area (Å²) in [5.74, 6) is 0. The van der Waals surface area contributed by atoms with E-state index in [-0.39, 0.29) is 6.09 Å². The van der Waals surface area contributed by atoms with E-state index >= 15 is 0 Å². The molecule has 2 rings (SSSR count). The molecule has 0 aromatic rings. The standard InChI is InChI=1S/C13H24N2O2/c1-13(2,3)17-12(16)15-9-8-14-10-6-4-5-7-11(10)15/h10-11,14H,4-9H2,1-3H3/t10?,11-/m0/s1. The van der Waals surface area contributed by atoms with Crippen molar-refractivity contribution in [2.24, 2.45) is 0 Å². The summed E-state index contributed by atoms with van der Waals surface area (Å²) >= 11 is 0. The molecule has 0 aromatic heterocycles. The highest BCUT2D eigenvalue weighted by Gasteiger charge is 2.37. The molecule has 0 bridgehead atoms. The fourth-order valence-electron chi connectivity index (χ4n) is 2.81. The first kappa shape index (κ1) is 12.7. The van der Waals surface area contributed by atoms with Gasteiger partial charge in [0.25, 0.3) is 0 Å². The molecule has 17 heavy (non-hydrogen) atoms. The molecule has 1 amide bonds. The lowest BCUT2D eigenvalue weighted by Crippen LogP contribution is -2.61. The van der Waals surface area contributed by atoms with E-state index in [9.17, 15) is 4.79 Å². The minimum atomic E-state index is -0.397. The molecule has 0 spiro atoms. The van der Waals surface area contributed by atoms with Crippen LogP contribution < -0.4 is 5.32 Å². The Bertz CT molecular complexity index is 284. The number of nitrogens with one attached hydrogen (secondary N) is 1. The van der Waals surface area contributed by atoms with Gasteiger partial charge in [0.2, 0.25) is 0 Å². The number of carbonyl (C=O) groups excluding carboxylic acids is 1. The van der Waals surface area contributed by atoms with Gasteiger partial charge < -0.3 is 15.0 Å². The average molecular weight is 240 g/mol. The van der Waals surface area contributed by atoms with Gasteiger partial charge in [0.15, 0.2) is 0 Å². The number of hydrogen-bond donors (Lipinski definition) is 1. The van der Waals surface area contributed by atoms with Gasteiger partial charge in [-0.2, -0.15) is 0 Å². The molecular weight excluding hydrogens is 216 g/mol. The summed E-state index contributed by atoms with van der Waals surface area (Å²) in [4.78, 5) is 14.1. The predicted octanol–water partition coefficient (Wildman–Crippen LogP) is 2.14. The average Bonchev–Trinajstić information content (AvgIpc) is 2.26. The number of piperazine rings is 1. The van der Waals surface area contributed by atoms with Crippen molar-refractivity contribution in [3.8, 4) is 0 Å². The van der Waals surface area contributed by atoms with Crippen LogP contribution >= 0.6 is 0 Å². The van der Waals surface area contributed by atoms with Crippen molar-refractivity contribution < 1.29 is 9.53 Å². The van der Waals surface area contributed by atoms with Gasteiger partial charge in [-0.15, -0.1) is 0 Å². The number of rotatable bonds is 0. The molecule has 1 unspecified atom stereocenters. The van der Waals surface area contributed by atoms with Crippen LogP contribution in [0.3, 0.4) is 0 Å². The van der Waals surface area contributed by atoms with Crippen LogP contribution in [-0.4, -0.2) is 41.8 Å². The molecule has 98 valence electrons. The van der Waals surface area contributed by atoms with Crippen molar-refractivity contribution in [3.63, 3.8) is 0 Å². The maximum absolute atomic E-state index is 12.1. The Morgan fingerprint density at radius 2 is 2.00 bits per heavy atom. The first-order chi connectivity index (χ1) is 7.97. The topological polar surface area (TPSA) is 41.6 Å². The molecule has 4 nitrogen and oxygen atoms in total. The lowest BCUT2D eigenvalue weighted by atomic mass is 9.88. The smallest absolute Gasteiger partial charge is 0.410 e. The van der Waals surface area contributed by atoms with Gasteiger partial charge in [0.05, 0.1) is 6.04 Å². The van der Waals surface area contributed by atoms with Crippen molar-refractivity contribution in [2.75, 3.05) is 13.1 Å². The molecule has 0 radical (unpaired) electrons. The van der Waals surface area contributed by atoms with Gasteiger partial charge in [0, 0.05) is 19.1 Å². The number of hydrogen-bond acceptors (Lipinski definition) is 3. The summed E-state index contributed by atoms with van der Waals surface area (Å²) < 4.78 is 5.49. The molecule has 4 heteroatoms. The Balaban J connectivity index is 2.01. The van der Waals surface area contributed by atoms with Crippen LogP contribution in [0.1, 0.15) is 46.5 Å². The largest absolute Gasteiger partial charge is 0.444 e. The van der Waals surface area contributed by atoms with Crippen LogP contribution in [0.5, 0.6) is 0 Å². The van der Waals surface area contributed by atoms with Gasteiger partial charge in [-0.3, -0.25) is 0 Å². The Hall–Kier alpha value is -0.770. The Kier molecular flexibility index (Phi) is 3.61. The normalized spacial score (nSPS) is 29.7. The zero-order valence-corrected chi connectivity index (χ0v) is 11.2. The molecule has 1 heterocycles. The maximum atomic E-state index is 12.1. The molecule has 2 atom stereocenters. The summed E-state index contributed by atoms with van der Waals surface area (Å²) in [5.41, 5.74) is -0.397. The van der Waals surface area contributed by atoms with Gasteiger partial charge in [-0.25, -0.2) is 4.79 Å². The van der Waals surface area contributed by atoms with Gasteiger partial charge in [0.1, 0.15) is 5.60 Å². The number of amides is 1. The molecule has 1 aliphatic carbocycles. The monoisotopic (exact) mass is 240 g/mol. The third-order valence-corrected chi connectivity index (χ3v) is 3.52. The van der Waals surface area contributed by atoms with E-state index in [1.165, 1.54) is 19.3 Å². The fraction of sp³-hybridized carbons (Fsp3) is 0.923. The number of carbonyl (C=O) groups is 1. The molecule has 2 fully saturated rings. The third-order valence-electron chi connectivity index (χ3n) is 3.52. The summed E-state index contributed by atoms with van der Waals surface area (Å²) in [6.45, 7) is 7.43. The lowest BCUT2D eigenvalue weighted by molar-refractivity contribution is 0.000269. The maximum Gasteiger partial charge on any atom is 0.410 e. The highest BCUT2D eigenvalue weighted by molar-refractivity contribution is 5.69. The van der Waals surface area contributed by atoms with Crippen LogP contribution in [0.25, 0.3) is 0 Å². The molecule has 1 N–H and O–H groups in total. The molecule has 0 aromatic carbocycles. The SMILES string of the molecule is CC(C)(C)OC(=O)N1CCNC2CCCC[C@@H]21. The van der Waals surface area contributed by atoms with Crippen molar-refractivity contribution in [2.45, 2.75) is 64.1 Å². The molecule has 1 aliphatic heterocycles. The van der Waals surface area contributed by atoms with Crippen molar-refractivity contribution in [1.29, 1.82) is 0 Å². The number of ether oxygens (including phenoxy) is 1. The highest BCUT2D eigenvalue weighted by atomic mass is 16.6. The van der Waals surface area contributed by atoms with Crippen molar-refractivity contribution in [1.82, 2.24) is 10.2 Å². The van der Waals surface area contributed by atoms with E-state index in [1.807, 2.05) is 25.7 Å². The van der Waals surface area contributed by atoms with Gasteiger partial charge in [-0.05, 0) is 33.6 Å². The van der Waals surface area contributed by atoms with Crippen molar-refractivity contribution in [3.05, 3.63) is 0 Å². The van der Waals surface area contributed by atoms with Crippen LogP contribution in [0.2, 0.25) is 0 Å². The summed E-state index contributed by atoms with van der Waals surface area (Å²) in [6.07, 6.45) is 4.65. The van der Waals surface area contributed by atoms with Crippen LogP contribution in [0, 0.1) is 0 Å². The Morgan fingerprint density at radius 3 is 2.71 bits per heavy atom. The zero-order valence-electron chi connectivity index (χ0n) is 11.2. The predicted molar refractivity (Wildman–Crippen MR) is 67.0 cm³/mol. The molecule has 1 saturated heterocycles. The second kappa shape index (κ2) is 4.84. The minimum absolute atomic E-state index is 0.143. The first-order valence-electron chi connectivity index (χ1n) is 6.70.